The smallest absolute Gasteiger partial charge is 0.175 e. The van der Waals surface area contributed by atoms with Gasteiger partial charge in [-0.2, -0.15) is 0 Å². The summed E-state index contributed by atoms with van der Waals surface area (Å²) in [6.45, 7) is 4.57. The van der Waals surface area contributed by atoms with Crippen LogP contribution in [0.2, 0.25) is 0 Å². The van der Waals surface area contributed by atoms with Crippen molar-refractivity contribution < 1.29 is 13.5 Å². The van der Waals surface area contributed by atoms with Crippen molar-refractivity contribution in [3.63, 3.8) is 0 Å². The van der Waals surface area contributed by atoms with E-state index in [2.05, 4.69) is 13.8 Å². The number of hydrogen-bond donors (Lipinski definition) is 1. The molecule has 1 saturated carbocycles. The van der Waals surface area contributed by atoms with Crippen LogP contribution in [0.15, 0.2) is 29.2 Å². The summed E-state index contributed by atoms with van der Waals surface area (Å²) in [6.07, 6.45) is 4.53. The first kappa shape index (κ1) is 15.5. The summed E-state index contributed by atoms with van der Waals surface area (Å²) in [7, 11) is -3.15. The SMILES string of the molecule is CC(C)CCC1CC1(CO)c1ccc(S(C)(=O)=O)cc1. The molecular formula is C16H24O3S. The van der Waals surface area contributed by atoms with Crippen LogP contribution < -0.4 is 0 Å². The van der Waals surface area contributed by atoms with Gasteiger partial charge >= 0.3 is 0 Å². The molecule has 4 heteroatoms. The number of aliphatic hydroxyl groups is 1. The van der Waals surface area contributed by atoms with Crippen LogP contribution in [0.3, 0.4) is 0 Å². The molecule has 0 heterocycles. The molecular weight excluding hydrogens is 272 g/mol. The predicted octanol–water partition coefficient (Wildman–Crippen LogP) is 2.78. The molecule has 0 bridgehead atoms. The molecule has 2 rings (SSSR count). The normalized spacial score (nSPS) is 25.9. The van der Waals surface area contributed by atoms with Crippen LogP contribution in [0.4, 0.5) is 0 Å². The average Bonchev–Trinajstić information content (AvgIpc) is 3.10. The quantitative estimate of drug-likeness (QED) is 0.878. The minimum Gasteiger partial charge on any atom is -0.395 e. The third kappa shape index (κ3) is 3.07. The Bertz CT molecular complexity index is 560. The molecule has 1 aliphatic rings. The van der Waals surface area contributed by atoms with Crippen molar-refractivity contribution in [2.45, 2.75) is 43.4 Å². The molecule has 20 heavy (non-hydrogen) atoms. The van der Waals surface area contributed by atoms with Crippen molar-refractivity contribution in [3.8, 4) is 0 Å². The van der Waals surface area contributed by atoms with E-state index in [1.807, 2.05) is 12.1 Å². The molecule has 0 aliphatic heterocycles. The lowest BCUT2D eigenvalue weighted by Crippen LogP contribution is -2.16. The Balaban J connectivity index is 2.14. The second-order valence-electron chi connectivity index (χ2n) is 6.48. The van der Waals surface area contributed by atoms with E-state index in [-0.39, 0.29) is 12.0 Å². The minimum absolute atomic E-state index is 0.134. The molecule has 1 aromatic rings. The van der Waals surface area contributed by atoms with E-state index in [1.165, 1.54) is 12.7 Å². The monoisotopic (exact) mass is 296 g/mol. The summed E-state index contributed by atoms with van der Waals surface area (Å²) in [5.41, 5.74) is 0.937. The molecule has 0 amide bonds. The van der Waals surface area contributed by atoms with Gasteiger partial charge in [-0.25, -0.2) is 8.42 Å². The maximum atomic E-state index is 11.5. The van der Waals surface area contributed by atoms with Crippen molar-refractivity contribution in [2.24, 2.45) is 11.8 Å². The van der Waals surface area contributed by atoms with Gasteiger partial charge in [-0.3, -0.25) is 0 Å². The summed E-state index contributed by atoms with van der Waals surface area (Å²) in [6, 6.07) is 7.03. The van der Waals surface area contributed by atoms with Crippen LogP contribution >= 0.6 is 0 Å². The van der Waals surface area contributed by atoms with E-state index >= 15 is 0 Å². The van der Waals surface area contributed by atoms with Crippen molar-refractivity contribution in [3.05, 3.63) is 29.8 Å². The molecule has 2 atom stereocenters. The molecule has 112 valence electrons. The van der Waals surface area contributed by atoms with Crippen molar-refractivity contribution in [2.75, 3.05) is 12.9 Å². The summed E-state index contributed by atoms with van der Waals surface area (Å²) in [5, 5.41) is 9.76. The average molecular weight is 296 g/mol. The lowest BCUT2D eigenvalue weighted by Gasteiger charge is -2.16. The molecule has 1 aliphatic carbocycles. The van der Waals surface area contributed by atoms with Gasteiger partial charge < -0.3 is 5.11 Å². The lowest BCUT2D eigenvalue weighted by atomic mass is 9.91. The first-order chi connectivity index (χ1) is 9.29. The number of rotatable bonds is 6. The second kappa shape index (κ2) is 5.49. The highest BCUT2D eigenvalue weighted by atomic mass is 32.2. The predicted molar refractivity (Wildman–Crippen MR) is 80.5 cm³/mol. The fourth-order valence-corrected chi connectivity index (χ4v) is 3.60. The number of hydrogen-bond acceptors (Lipinski definition) is 3. The fourth-order valence-electron chi connectivity index (χ4n) is 2.97. The molecule has 0 spiro atoms. The van der Waals surface area contributed by atoms with Crippen LogP contribution in [-0.4, -0.2) is 26.4 Å². The number of benzene rings is 1. The summed E-state index contributed by atoms with van der Waals surface area (Å²) >= 11 is 0. The van der Waals surface area contributed by atoms with Gasteiger partial charge in [-0.15, -0.1) is 0 Å². The standard InChI is InChI=1S/C16H24O3S/c1-12(2)4-5-14-10-16(14,11-17)13-6-8-15(9-7-13)20(3,18)19/h6-9,12,14,17H,4-5,10-11H2,1-3H3. The van der Waals surface area contributed by atoms with Gasteiger partial charge in [0.1, 0.15) is 0 Å². The first-order valence-electron chi connectivity index (χ1n) is 7.21. The van der Waals surface area contributed by atoms with Gasteiger partial charge in [0.2, 0.25) is 0 Å². The molecule has 0 radical (unpaired) electrons. The van der Waals surface area contributed by atoms with Crippen LogP contribution in [-0.2, 0) is 15.3 Å². The Labute approximate surface area is 121 Å². The van der Waals surface area contributed by atoms with E-state index in [0.29, 0.717) is 16.7 Å². The maximum Gasteiger partial charge on any atom is 0.175 e. The van der Waals surface area contributed by atoms with Crippen molar-refractivity contribution in [1.29, 1.82) is 0 Å². The Morgan fingerprint density at radius 1 is 1.30 bits per heavy atom. The van der Waals surface area contributed by atoms with Gasteiger partial charge in [0.05, 0.1) is 11.5 Å². The van der Waals surface area contributed by atoms with E-state index in [0.717, 1.165) is 18.4 Å². The zero-order chi connectivity index (χ0) is 15.0. The summed E-state index contributed by atoms with van der Waals surface area (Å²) in [4.78, 5) is 0.341. The molecule has 0 aromatic heterocycles. The lowest BCUT2D eigenvalue weighted by molar-refractivity contribution is 0.242. The highest BCUT2D eigenvalue weighted by Gasteiger charge is 2.54. The van der Waals surface area contributed by atoms with Crippen LogP contribution in [0.25, 0.3) is 0 Å². The molecule has 1 N–H and O–H groups in total. The van der Waals surface area contributed by atoms with Crippen molar-refractivity contribution in [1.82, 2.24) is 0 Å². The van der Waals surface area contributed by atoms with E-state index in [9.17, 15) is 13.5 Å². The second-order valence-corrected chi connectivity index (χ2v) is 8.50. The van der Waals surface area contributed by atoms with E-state index < -0.39 is 9.84 Å². The highest BCUT2D eigenvalue weighted by Crippen LogP contribution is 2.56. The highest BCUT2D eigenvalue weighted by molar-refractivity contribution is 7.90. The van der Waals surface area contributed by atoms with Gasteiger partial charge in [0.15, 0.2) is 9.84 Å². The van der Waals surface area contributed by atoms with E-state index in [4.69, 9.17) is 0 Å². The summed E-state index contributed by atoms with van der Waals surface area (Å²) < 4.78 is 22.9. The Hall–Kier alpha value is -0.870. The van der Waals surface area contributed by atoms with Crippen molar-refractivity contribution >= 4 is 9.84 Å². The van der Waals surface area contributed by atoms with Crippen LogP contribution in [0, 0.1) is 11.8 Å². The van der Waals surface area contributed by atoms with E-state index in [1.54, 1.807) is 12.1 Å². The van der Waals surface area contributed by atoms with Gasteiger partial charge in [-0.05, 0) is 42.4 Å². The third-order valence-electron chi connectivity index (χ3n) is 4.46. The van der Waals surface area contributed by atoms with Crippen LogP contribution in [0.5, 0.6) is 0 Å². The third-order valence-corrected chi connectivity index (χ3v) is 5.59. The summed E-state index contributed by atoms with van der Waals surface area (Å²) in [5.74, 6) is 1.21. The largest absolute Gasteiger partial charge is 0.395 e. The Kier molecular flexibility index (Phi) is 4.26. The maximum absolute atomic E-state index is 11.5. The van der Waals surface area contributed by atoms with Gasteiger partial charge in [0.25, 0.3) is 0 Å². The Morgan fingerprint density at radius 2 is 1.90 bits per heavy atom. The molecule has 3 nitrogen and oxygen atoms in total. The Morgan fingerprint density at radius 3 is 2.35 bits per heavy atom. The fraction of sp³-hybridized carbons (Fsp3) is 0.625. The number of sulfone groups is 1. The minimum atomic E-state index is -3.15. The first-order valence-corrected chi connectivity index (χ1v) is 9.10. The molecule has 1 fully saturated rings. The zero-order valence-corrected chi connectivity index (χ0v) is 13.3. The van der Waals surface area contributed by atoms with Gasteiger partial charge in [0, 0.05) is 11.7 Å². The molecule has 1 aromatic carbocycles. The van der Waals surface area contributed by atoms with Gasteiger partial charge in [-0.1, -0.05) is 32.4 Å². The topological polar surface area (TPSA) is 54.4 Å². The zero-order valence-electron chi connectivity index (χ0n) is 12.5. The number of aliphatic hydroxyl groups excluding tert-OH is 1. The van der Waals surface area contributed by atoms with Crippen LogP contribution in [0.1, 0.15) is 38.7 Å². The molecule has 2 unspecified atom stereocenters. The molecule has 0 saturated heterocycles.